The van der Waals surface area contributed by atoms with Gasteiger partial charge in [0.15, 0.2) is 5.78 Å². The van der Waals surface area contributed by atoms with Crippen LogP contribution in [0.2, 0.25) is 0 Å². The van der Waals surface area contributed by atoms with Gasteiger partial charge < -0.3 is 4.74 Å². The predicted octanol–water partition coefficient (Wildman–Crippen LogP) is 3.19. The maximum Gasteiger partial charge on any atom is 0.172 e. The van der Waals surface area contributed by atoms with E-state index in [2.05, 4.69) is 15.9 Å². The number of hydrogen-bond acceptors (Lipinski definition) is 2. The molecule has 0 unspecified atom stereocenters. The molecule has 1 rings (SSSR count). The molecule has 0 aliphatic carbocycles. The summed E-state index contributed by atoms with van der Waals surface area (Å²) < 4.78 is 18.5. The Bertz CT molecular complexity index is 364. The second-order valence-electron chi connectivity index (χ2n) is 3.48. The fourth-order valence-corrected chi connectivity index (χ4v) is 1.37. The summed E-state index contributed by atoms with van der Waals surface area (Å²) in [6, 6.07) is 4.09. The SMILES string of the molecule is CC(C)C(=O)COc1ccc(F)cc1Br. The summed E-state index contributed by atoms with van der Waals surface area (Å²) in [6.07, 6.45) is 0. The number of carbonyl (C=O) groups is 1. The van der Waals surface area contributed by atoms with Crippen LogP contribution in [-0.2, 0) is 4.79 Å². The number of halogens is 2. The van der Waals surface area contributed by atoms with Crippen molar-refractivity contribution >= 4 is 21.7 Å². The number of benzene rings is 1. The molecule has 82 valence electrons. The molecular weight excluding hydrogens is 263 g/mol. The first-order valence-electron chi connectivity index (χ1n) is 4.61. The second-order valence-corrected chi connectivity index (χ2v) is 4.34. The lowest BCUT2D eigenvalue weighted by Crippen LogP contribution is -2.16. The topological polar surface area (TPSA) is 26.3 Å². The van der Waals surface area contributed by atoms with E-state index in [1.165, 1.54) is 18.2 Å². The van der Waals surface area contributed by atoms with E-state index in [1.54, 1.807) is 0 Å². The summed E-state index contributed by atoms with van der Waals surface area (Å²) in [5.74, 6) is 0.102. The molecule has 0 aromatic heterocycles. The van der Waals surface area contributed by atoms with Crippen molar-refractivity contribution in [2.45, 2.75) is 13.8 Å². The Labute approximate surface area is 96.6 Å². The van der Waals surface area contributed by atoms with E-state index < -0.39 is 0 Å². The van der Waals surface area contributed by atoms with Crippen molar-refractivity contribution in [1.29, 1.82) is 0 Å². The van der Waals surface area contributed by atoms with Crippen molar-refractivity contribution in [3.8, 4) is 5.75 Å². The van der Waals surface area contributed by atoms with Gasteiger partial charge in [0.05, 0.1) is 4.47 Å². The van der Waals surface area contributed by atoms with Crippen molar-refractivity contribution < 1.29 is 13.9 Å². The fraction of sp³-hybridized carbons (Fsp3) is 0.364. The number of ketones is 1. The van der Waals surface area contributed by atoms with Crippen LogP contribution in [0.1, 0.15) is 13.8 Å². The minimum absolute atomic E-state index is 0.0158. The average molecular weight is 275 g/mol. The summed E-state index contributed by atoms with van der Waals surface area (Å²) >= 11 is 3.16. The van der Waals surface area contributed by atoms with Crippen LogP contribution in [0.4, 0.5) is 4.39 Å². The van der Waals surface area contributed by atoms with Crippen LogP contribution in [0.5, 0.6) is 5.75 Å². The lowest BCUT2D eigenvalue weighted by molar-refractivity contribution is -0.123. The van der Waals surface area contributed by atoms with E-state index in [-0.39, 0.29) is 24.1 Å². The molecular formula is C11H12BrFO2. The molecule has 2 nitrogen and oxygen atoms in total. The Morgan fingerprint density at radius 1 is 1.53 bits per heavy atom. The molecule has 0 radical (unpaired) electrons. The third-order valence-electron chi connectivity index (χ3n) is 1.91. The van der Waals surface area contributed by atoms with Crippen molar-refractivity contribution in [2.75, 3.05) is 6.61 Å². The van der Waals surface area contributed by atoms with Crippen LogP contribution in [0.15, 0.2) is 22.7 Å². The van der Waals surface area contributed by atoms with Gasteiger partial charge in [0, 0.05) is 5.92 Å². The largest absolute Gasteiger partial charge is 0.485 e. The highest BCUT2D eigenvalue weighted by atomic mass is 79.9. The number of carbonyl (C=O) groups excluding carboxylic acids is 1. The van der Waals surface area contributed by atoms with Gasteiger partial charge in [0.1, 0.15) is 18.2 Å². The maximum absolute atomic E-state index is 12.7. The molecule has 4 heteroatoms. The molecule has 0 aliphatic rings. The van der Waals surface area contributed by atoms with Gasteiger partial charge in [-0.25, -0.2) is 4.39 Å². The molecule has 1 aromatic carbocycles. The number of ether oxygens (including phenoxy) is 1. The van der Waals surface area contributed by atoms with Gasteiger partial charge >= 0.3 is 0 Å². The molecule has 0 N–H and O–H groups in total. The monoisotopic (exact) mass is 274 g/mol. The zero-order valence-corrected chi connectivity index (χ0v) is 10.2. The summed E-state index contributed by atoms with van der Waals surface area (Å²) in [5, 5.41) is 0. The van der Waals surface area contributed by atoms with E-state index in [0.717, 1.165) is 0 Å². The molecule has 0 aliphatic heterocycles. The van der Waals surface area contributed by atoms with Crippen LogP contribution in [-0.4, -0.2) is 12.4 Å². The first-order valence-corrected chi connectivity index (χ1v) is 5.40. The lowest BCUT2D eigenvalue weighted by Gasteiger charge is -2.08. The average Bonchev–Trinajstić information content (AvgIpc) is 2.15. The van der Waals surface area contributed by atoms with Crippen molar-refractivity contribution in [3.05, 3.63) is 28.5 Å². The van der Waals surface area contributed by atoms with E-state index in [4.69, 9.17) is 4.74 Å². The van der Waals surface area contributed by atoms with Crippen molar-refractivity contribution in [1.82, 2.24) is 0 Å². The molecule has 15 heavy (non-hydrogen) atoms. The van der Waals surface area contributed by atoms with E-state index >= 15 is 0 Å². The molecule has 0 spiro atoms. The Morgan fingerprint density at radius 2 is 2.20 bits per heavy atom. The van der Waals surface area contributed by atoms with Gasteiger partial charge in [-0.15, -0.1) is 0 Å². The summed E-state index contributed by atoms with van der Waals surface area (Å²) in [5.41, 5.74) is 0. The summed E-state index contributed by atoms with van der Waals surface area (Å²) in [7, 11) is 0. The summed E-state index contributed by atoms with van der Waals surface area (Å²) in [4.78, 5) is 11.3. The quantitative estimate of drug-likeness (QED) is 0.843. The maximum atomic E-state index is 12.7. The van der Waals surface area contributed by atoms with Gasteiger partial charge in [0.2, 0.25) is 0 Å². The third-order valence-corrected chi connectivity index (χ3v) is 2.53. The molecule has 0 atom stereocenters. The van der Waals surface area contributed by atoms with E-state index in [9.17, 15) is 9.18 Å². The van der Waals surface area contributed by atoms with Crippen LogP contribution in [0, 0.1) is 11.7 Å². The van der Waals surface area contributed by atoms with Gasteiger partial charge in [-0.05, 0) is 34.1 Å². The smallest absolute Gasteiger partial charge is 0.172 e. The van der Waals surface area contributed by atoms with Crippen LogP contribution in [0.3, 0.4) is 0 Å². The Hall–Kier alpha value is -0.900. The number of hydrogen-bond donors (Lipinski definition) is 0. The Kier molecular flexibility index (Phi) is 4.27. The highest BCUT2D eigenvalue weighted by molar-refractivity contribution is 9.10. The minimum atomic E-state index is -0.343. The highest BCUT2D eigenvalue weighted by Gasteiger charge is 2.09. The Balaban J connectivity index is 2.62. The molecule has 0 fully saturated rings. The molecule has 0 amide bonds. The molecule has 0 bridgehead atoms. The van der Waals surface area contributed by atoms with Crippen LogP contribution in [0.25, 0.3) is 0 Å². The third kappa shape index (κ3) is 3.63. The first-order chi connectivity index (χ1) is 7.00. The fourth-order valence-electron chi connectivity index (χ4n) is 0.908. The van der Waals surface area contributed by atoms with Gasteiger partial charge in [-0.3, -0.25) is 4.79 Å². The molecule has 0 saturated heterocycles. The van der Waals surface area contributed by atoms with Crippen molar-refractivity contribution in [3.63, 3.8) is 0 Å². The summed E-state index contributed by atoms with van der Waals surface area (Å²) in [6.45, 7) is 3.64. The van der Waals surface area contributed by atoms with E-state index in [1.807, 2.05) is 13.8 Å². The predicted molar refractivity (Wildman–Crippen MR) is 59.4 cm³/mol. The lowest BCUT2D eigenvalue weighted by atomic mass is 10.1. The standard InChI is InChI=1S/C11H12BrFO2/c1-7(2)10(14)6-15-11-4-3-8(13)5-9(11)12/h3-5,7H,6H2,1-2H3. The molecule has 0 heterocycles. The zero-order chi connectivity index (χ0) is 11.4. The van der Waals surface area contributed by atoms with Gasteiger partial charge in [-0.2, -0.15) is 0 Å². The van der Waals surface area contributed by atoms with E-state index in [0.29, 0.717) is 10.2 Å². The number of Topliss-reactive ketones (excluding diaryl/α,β-unsaturated/α-hetero) is 1. The molecule has 0 saturated carbocycles. The van der Waals surface area contributed by atoms with Crippen molar-refractivity contribution in [2.24, 2.45) is 5.92 Å². The zero-order valence-electron chi connectivity index (χ0n) is 8.59. The first kappa shape index (κ1) is 12.2. The molecule has 1 aromatic rings. The number of rotatable bonds is 4. The normalized spacial score (nSPS) is 10.5. The Morgan fingerprint density at radius 3 is 2.73 bits per heavy atom. The van der Waals surface area contributed by atoms with Crippen LogP contribution < -0.4 is 4.74 Å². The van der Waals surface area contributed by atoms with Gasteiger partial charge in [0.25, 0.3) is 0 Å². The highest BCUT2D eigenvalue weighted by Crippen LogP contribution is 2.25. The van der Waals surface area contributed by atoms with Crippen LogP contribution >= 0.6 is 15.9 Å². The minimum Gasteiger partial charge on any atom is -0.485 e. The van der Waals surface area contributed by atoms with Gasteiger partial charge in [-0.1, -0.05) is 13.8 Å². The second kappa shape index (κ2) is 5.26.